The average Bonchev–Trinajstić information content (AvgIpc) is 2.93. The van der Waals surface area contributed by atoms with Gasteiger partial charge in [-0.1, -0.05) is 6.92 Å². The SMILES string of the molecule is CCCN1CCC(NC2CC2)CC1. The second-order valence-electron chi connectivity index (χ2n) is 4.56. The summed E-state index contributed by atoms with van der Waals surface area (Å²) in [7, 11) is 0. The molecule has 1 heterocycles. The third-order valence-electron chi connectivity index (χ3n) is 3.18. The Morgan fingerprint density at radius 3 is 2.23 bits per heavy atom. The van der Waals surface area contributed by atoms with Gasteiger partial charge in [-0.25, -0.2) is 0 Å². The van der Waals surface area contributed by atoms with Gasteiger partial charge in [0, 0.05) is 12.1 Å². The highest BCUT2D eigenvalue weighted by Crippen LogP contribution is 2.22. The monoisotopic (exact) mass is 182 g/mol. The van der Waals surface area contributed by atoms with E-state index in [4.69, 9.17) is 0 Å². The van der Waals surface area contributed by atoms with Crippen molar-refractivity contribution in [2.45, 2.75) is 51.1 Å². The average molecular weight is 182 g/mol. The van der Waals surface area contributed by atoms with Crippen LogP contribution in [0, 0.1) is 0 Å². The van der Waals surface area contributed by atoms with Gasteiger partial charge in [0.2, 0.25) is 0 Å². The predicted octanol–water partition coefficient (Wildman–Crippen LogP) is 1.61. The molecule has 76 valence electrons. The Morgan fingerprint density at radius 1 is 1.08 bits per heavy atom. The van der Waals surface area contributed by atoms with E-state index >= 15 is 0 Å². The van der Waals surface area contributed by atoms with Gasteiger partial charge in [-0.3, -0.25) is 0 Å². The number of likely N-dealkylation sites (tertiary alicyclic amines) is 1. The van der Waals surface area contributed by atoms with Gasteiger partial charge in [0.1, 0.15) is 0 Å². The Labute approximate surface area is 81.7 Å². The molecule has 2 rings (SSSR count). The summed E-state index contributed by atoms with van der Waals surface area (Å²) >= 11 is 0. The summed E-state index contributed by atoms with van der Waals surface area (Å²) in [5.41, 5.74) is 0. The van der Waals surface area contributed by atoms with Gasteiger partial charge < -0.3 is 10.2 Å². The van der Waals surface area contributed by atoms with Crippen LogP contribution in [0.4, 0.5) is 0 Å². The fourth-order valence-electron chi connectivity index (χ4n) is 2.22. The number of hydrogen-bond acceptors (Lipinski definition) is 2. The van der Waals surface area contributed by atoms with Gasteiger partial charge >= 0.3 is 0 Å². The lowest BCUT2D eigenvalue weighted by Gasteiger charge is -2.32. The fraction of sp³-hybridized carbons (Fsp3) is 1.00. The summed E-state index contributed by atoms with van der Waals surface area (Å²) in [5, 5.41) is 3.73. The summed E-state index contributed by atoms with van der Waals surface area (Å²) in [5.74, 6) is 0. The molecule has 0 amide bonds. The van der Waals surface area contributed by atoms with Crippen LogP contribution in [-0.4, -0.2) is 36.6 Å². The summed E-state index contributed by atoms with van der Waals surface area (Å²) < 4.78 is 0. The zero-order chi connectivity index (χ0) is 9.10. The van der Waals surface area contributed by atoms with E-state index in [0.29, 0.717) is 0 Å². The molecule has 1 saturated carbocycles. The van der Waals surface area contributed by atoms with Crippen molar-refractivity contribution < 1.29 is 0 Å². The third kappa shape index (κ3) is 2.96. The van der Waals surface area contributed by atoms with E-state index in [2.05, 4.69) is 17.1 Å². The van der Waals surface area contributed by atoms with Crippen molar-refractivity contribution in [1.82, 2.24) is 10.2 Å². The molecule has 0 radical (unpaired) electrons. The lowest BCUT2D eigenvalue weighted by Crippen LogP contribution is -2.43. The van der Waals surface area contributed by atoms with Gasteiger partial charge in [0.05, 0.1) is 0 Å². The summed E-state index contributed by atoms with van der Waals surface area (Å²) in [6.07, 6.45) is 6.90. The zero-order valence-electron chi connectivity index (χ0n) is 8.76. The molecule has 2 aliphatic rings. The molecule has 0 aromatic rings. The van der Waals surface area contributed by atoms with Crippen LogP contribution >= 0.6 is 0 Å². The summed E-state index contributed by atoms with van der Waals surface area (Å²) in [6, 6.07) is 1.73. The number of nitrogens with one attached hydrogen (secondary N) is 1. The van der Waals surface area contributed by atoms with Crippen LogP contribution in [-0.2, 0) is 0 Å². The second-order valence-corrected chi connectivity index (χ2v) is 4.56. The van der Waals surface area contributed by atoms with E-state index in [1.165, 1.54) is 51.7 Å². The largest absolute Gasteiger partial charge is 0.311 e. The first-order chi connectivity index (χ1) is 6.38. The molecule has 0 aromatic carbocycles. The normalized spacial score (nSPS) is 26.5. The highest BCUT2D eigenvalue weighted by Gasteiger charge is 2.26. The molecule has 1 saturated heterocycles. The molecule has 1 aliphatic carbocycles. The topological polar surface area (TPSA) is 15.3 Å². The van der Waals surface area contributed by atoms with E-state index in [0.717, 1.165) is 12.1 Å². The molecule has 2 nitrogen and oxygen atoms in total. The molecule has 0 bridgehead atoms. The lowest BCUT2D eigenvalue weighted by molar-refractivity contribution is 0.197. The van der Waals surface area contributed by atoms with Gasteiger partial charge in [-0.05, 0) is 51.7 Å². The van der Waals surface area contributed by atoms with Crippen molar-refractivity contribution in [3.05, 3.63) is 0 Å². The van der Waals surface area contributed by atoms with Crippen molar-refractivity contribution in [3.8, 4) is 0 Å². The molecule has 1 N–H and O–H groups in total. The number of piperidine rings is 1. The van der Waals surface area contributed by atoms with Gasteiger partial charge in [-0.2, -0.15) is 0 Å². The second kappa shape index (κ2) is 4.43. The number of nitrogens with zero attached hydrogens (tertiary/aromatic N) is 1. The van der Waals surface area contributed by atoms with E-state index < -0.39 is 0 Å². The Balaban J connectivity index is 1.63. The van der Waals surface area contributed by atoms with Crippen LogP contribution in [0.5, 0.6) is 0 Å². The minimum atomic E-state index is 0.834. The van der Waals surface area contributed by atoms with E-state index in [1.54, 1.807) is 0 Å². The maximum absolute atomic E-state index is 3.73. The molecular weight excluding hydrogens is 160 g/mol. The Morgan fingerprint density at radius 2 is 1.69 bits per heavy atom. The molecule has 0 aromatic heterocycles. The van der Waals surface area contributed by atoms with Crippen LogP contribution in [0.3, 0.4) is 0 Å². The zero-order valence-corrected chi connectivity index (χ0v) is 8.76. The summed E-state index contributed by atoms with van der Waals surface area (Å²) in [6.45, 7) is 6.21. The molecular formula is C11H22N2. The maximum Gasteiger partial charge on any atom is 0.00940 e. The van der Waals surface area contributed by atoms with Crippen LogP contribution < -0.4 is 5.32 Å². The third-order valence-corrected chi connectivity index (χ3v) is 3.18. The Bertz CT molecular complexity index is 146. The Kier molecular flexibility index (Phi) is 3.23. The summed E-state index contributed by atoms with van der Waals surface area (Å²) in [4.78, 5) is 2.60. The van der Waals surface area contributed by atoms with E-state index in [1.807, 2.05) is 0 Å². The van der Waals surface area contributed by atoms with Crippen molar-refractivity contribution in [3.63, 3.8) is 0 Å². The molecule has 2 heteroatoms. The van der Waals surface area contributed by atoms with Crippen LogP contribution in [0.25, 0.3) is 0 Å². The van der Waals surface area contributed by atoms with Crippen LogP contribution in [0.15, 0.2) is 0 Å². The van der Waals surface area contributed by atoms with Gasteiger partial charge in [0.15, 0.2) is 0 Å². The maximum atomic E-state index is 3.73. The number of rotatable bonds is 4. The fourth-order valence-corrected chi connectivity index (χ4v) is 2.22. The molecule has 0 unspecified atom stereocenters. The van der Waals surface area contributed by atoms with Crippen molar-refractivity contribution in [2.24, 2.45) is 0 Å². The van der Waals surface area contributed by atoms with E-state index in [9.17, 15) is 0 Å². The molecule has 0 atom stereocenters. The standard InChI is InChI=1S/C11H22N2/c1-2-7-13-8-5-11(6-9-13)12-10-3-4-10/h10-12H,2-9H2,1H3. The number of hydrogen-bond donors (Lipinski definition) is 1. The first-order valence-corrected chi connectivity index (χ1v) is 5.87. The highest BCUT2D eigenvalue weighted by atomic mass is 15.1. The highest BCUT2D eigenvalue weighted by molar-refractivity contribution is 4.87. The first-order valence-electron chi connectivity index (χ1n) is 5.87. The lowest BCUT2D eigenvalue weighted by atomic mass is 10.0. The minimum Gasteiger partial charge on any atom is -0.311 e. The van der Waals surface area contributed by atoms with Gasteiger partial charge in [-0.15, -0.1) is 0 Å². The molecule has 2 fully saturated rings. The van der Waals surface area contributed by atoms with Crippen molar-refractivity contribution >= 4 is 0 Å². The first kappa shape index (κ1) is 9.47. The van der Waals surface area contributed by atoms with Gasteiger partial charge in [0.25, 0.3) is 0 Å². The minimum absolute atomic E-state index is 0.834. The predicted molar refractivity (Wildman–Crippen MR) is 55.9 cm³/mol. The van der Waals surface area contributed by atoms with Crippen molar-refractivity contribution in [1.29, 1.82) is 0 Å². The van der Waals surface area contributed by atoms with Crippen LogP contribution in [0.2, 0.25) is 0 Å². The quantitative estimate of drug-likeness (QED) is 0.710. The van der Waals surface area contributed by atoms with Crippen molar-refractivity contribution in [2.75, 3.05) is 19.6 Å². The van der Waals surface area contributed by atoms with Crippen LogP contribution in [0.1, 0.15) is 39.0 Å². The molecule has 13 heavy (non-hydrogen) atoms. The molecule has 0 spiro atoms. The van der Waals surface area contributed by atoms with E-state index in [-0.39, 0.29) is 0 Å². The smallest absolute Gasteiger partial charge is 0.00940 e. The Hall–Kier alpha value is -0.0800. The molecule has 1 aliphatic heterocycles.